The lowest BCUT2D eigenvalue weighted by atomic mass is 9.96. The van der Waals surface area contributed by atoms with Crippen LogP contribution in [0.15, 0.2) is 88.8 Å². The number of aryl methyl sites for hydroxylation is 1. The molecular formula is C36H37N5O4. The SMILES string of the molecule is Cn1cc(-c2cccc(-n3ccc4cc(C5(C)CC5)ccc4c3=O)c2CO)cc(Nc2ccc(CN3CCOCC3)cn2)c1=O. The Morgan fingerprint density at radius 2 is 1.82 bits per heavy atom. The summed E-state index contributed by atoms with van der Waals surface area (Å²) in [5.74, 6) is 0.563. The van der Waals surface area contributed by atoms with E-state index in [1.54, 1.807) is 30.1 Å². The number of aromatic nitrogens is 3. The second-order valence-electron chi connectivity index (χ2n) is 12.4. The summed E-state index contributed by atoms with van der Waals surface area (Å²) in [5.41, 5.74) is 5.24. The number of hydrogen-bond donors (Lipinski definition) is 2. The van der Waals surface area contributed by atoms with Gasteiger partial charge in [0.1, 0.15) is 11.5 Å². The third-order valence-electron chi connectivity index (χ3n) is 9.26. The van der Waals surface area contributed by atoms with Gasteiger partial charge in [0.15, 0.2) is 0 Å². The van der Waals surface area contributed by atoms with Gasteiger partial charge in [0.2, 0.25) is 0 Å². The first-order chi connectivity index (χ1) is 21.8. The summed E-state index contributed by atoms with van der Waals surface area (Å²) in [6, 6.07) is 19.3. The molecule has 0 spiro atoms. The zero-order valence-corrected chi connectivity index (χ0v) is 25.6. The number of aliphatic hydroxyl groups is 1. The topological polar surface area (TPSA) is 102 Å². The summed E-state index contributed by atoms with van der Waals surface area (Å²) < 4.78 is 8.55. The number of rotatable bonds is 8. The summed E-state index contributed by atoms with van der Waals surface area (Å²) in [4.78, 5) is 33.8. The van der Waals surface area contributed by atoms with Crippen LogP contribution in [0.4, 0.5) is 11.5 Å². The summed E-state index contributed by atoms with van der Waals surface area (Å²) in [6.07, 6.45) is 7.69. The van der Waals surface area contributed by atoms with Gasteiger partial charge in [0.25, 0.3) is 11.1 Å². The molecule has 0 radical (unpaired) electrons. The molecule has 0 bridgehead atoms. The summed E-state index contributed by atoms with van der Waals surface area (Å²) >= 11 is 0. The Kier molecular flexibility index (Phi) is 7.61. The van der Waals surface area contributed by atoms with Gasteiger partial charge in [-0.2, -0.15) is 0 Å². The van der Waals surface area contributed by atoms with Gasteiger partial charge in [0, 0.05) is 61.8 Å². The van der Waals surface area contributed by atoms with Crippen LogP contribution >= 0.6 is 0 Å². The van der Waals surface area contributed by atoms with Gasteiger partial charge < -0.3 is 19.7 Å². The number of anilines is 2. The Morgan fingerprint density at radius 3 is 2.56 bits per heavy atom. The number of pyridine rings is 3. The minimum absolute atomic E-state index is 0.141. The maximum atomic E-state index is 13.7. The van der Waals surface area contributed by atoms with E-state index < -0.39 is 0 Å². The van der Waals surface area contributed by atoms with E-state index in [1.807, 2.05) is 48.7 Å². The number of aliphatic hydroxyl groups excluding tert-OH is 1. The third kappa shape index (κ3) is 5.70. The molecule has 230 valence electrons. The van der Waals surface area contributed by atoms with Crippen LogP contribution in [0.5, 0.6) is 0 Å². The van der Waals surface area contributed by atoms with Crippen LogP contribution in [-0.2, 0) is 30.4 Å². The van der Waals surface area contributed by atoms with Gasteiger partial charge in [-0.15, -0.1) is 0 Å². The summed E-state index contributed by atoms with van der Waals surface area (Å²) in [5, 5.41) is 15.4. The number of ether oxygens (including phenoxy) is 1. The number of morpholine rings is 1. The Balaban J connectivity index is 1.20. The molecule has 9 nitrogen and oxygen atoms in total. The van der Waals surface area contributed by atoms with E-state index in [9.17, 15) is 14.7 Å². The van der Waals surface area contributed by atoms with E-state index in [1.165, 1.54) is 23.0 Å². The minimum atomic E-state index is -0.287. The first kappa shape index (κ1) is 29.2. The van der Waals surface area contributed by atoms with Crippen molar-refractivity contribution in [3.8, 4) is 16.8 Å². The fourth-order valence-electron chi connectivity index (χ4n) is 6.22. The molecule has 1 aliphatic heterocycles. The maximum absolute atomic E-state index is 13.7. The second kappa shape index (κ2) is 11.7. The van der Waals surface area contributed by atoms with Crippen LogP contribution in [-0.4, -0.2) is 50.4 Å². The van der Waals surface area contributed by atoms with Crippen molar-refractivity contribution < 1.29 is 9.84 Å². The van der Waals surface area contributed by atoms with Crippen molar-refractivity contribution >= 4 is 22.3 Å². The van der Waals surface area contributed by atoms with E-state index >= 15 is 0 Å². The molecule has 0 atom stereocenters. The van der Waals surface area contributed by atoms with Crippen molar-refractivity contribution in [3.63, 3.8) is 0 Å². The quantitative estimate of drug-likeness (QED) is 0.261. The van der Waals surface area contributed by atoms with Crippen molar-refractivity contribution in [2.45, 2.75) is 38.3 Å². The molecule has 9 heteroatoms. The molecule has 2 aliphatic rings. The lowest BCUT2D eigenvalue weighted by Gasteiger charge is -2.26. The first-order valence-electron chi connectivity index (χ1n) is 15.5. The average Bonchev–Trinajstić information content (AvgIpc) is 3.82. The van der Waals surface area contributed by atoms with E-state index in [4.69, 9.17) is 4.74 Å². The fourth-order valence-corrected chi connectivity index (χ4v) is 6.22. The minimum Gasteiger partial charge on any atom is -0.392 e. The van der Waals surface area contributed by atoms with Crippen molar-refractivity contribution in [1.29, 1.82) is 0 Å². The van der Waals surface area contributed by atoms with Crippen LogP contribution in [0.25, 0.3) is 27.6 Å². The van der Waals surface area contributed by atoms with E-state index in [0.717, 1.165) is 54.9 Å². The Labute approximate surface area is 261 Å². The van der Waals surface area contributed by atoms with Crippen molar-refractivity contribution in [2.24, 2.45) is 7.05 Å². The highest BCUT2D eigenvalue weighted by Gasteiger charge is 2.39. The molecule has 1 saturated heterocycles. The highest BCUT2D eigenvalue weighted by molar-refractivity contribution is 5.83. The lowest BCUT2D eigenvalue weighted by Crippen LogP contribution is -2.35. The predicted molar refractivity (Wildman–Crippen MR) is 176 cm³/mol. The van der Waals surface area contributed by atoms with Gasteiger partial charge in [-0.1, -0.05) is 37.3 Å². The van der Waals surface area contributed by atoms with Gasteiger partial charge in [-0.3, -0.25) is 19.1 Å². The smallest absolute Gasteiger partial charge is 0.274 e. The Morgan fingerprint density at radius 1 is 1.00 bits per heavy atom. The largest absolute Gasteiger partial charge is 0.392 e. The number of benzene rings is 2. The number of hydrogen-bond acceptors (Lipinski definition) is 7. The molecule has 1 aliphatic carbocycles. The van der Waals surface area contributed by atoms with Crippen molar-refractivity contribution in [2.75, 3.05) is 31.6 Å². The monoisotopic (exact) mass is 603 g/mol. The summed E-state index contributed by atoms with van der Waals surface area (Å²) in [7, 11) is 1.70. The fraction of sp³-hybridized carbons (Fsp3) is 0.306. The number of nitrogens with zero attached hydrogens (tertiary/aromatic N) is 4. The molecule has 45 heavy (non-hydrogen) atoms. The predicted octanol–water partition coefficient (Wildman–Crippen LogP) is 4.87. The zero-order valence-electron chi connectivity index (χ0n) is 25.6. The molecule has 7 rings (SSSR count). The van der Waals surface area contributed by atoms with E-state index in [2.05, 4.69) is 34.3 Å². The molecule has 2 fully saturated rings. The molecule has 3 aromatic heterocycles. The molecular weight excluding hydrogens is 566 g/mol. The molecule has 1 saturated carbocycles. The molecule has 4 heterocycles. The highest BCUT2D eigenvalue weighted by atomic mass is 16.5. The Hall–Kier alpha value is -4.57. The molecule has 5 aromatic rings. The molecule has 2 N–H and O–H groups in total. The van der Waals surface area contributed by atoms with E-state index in [0.29, 0.717) is 28.1 Å². The molecule has 2 aromatic carbocycles. The van der Waals surface area contributed by atoms with Crippen molar-refractivity contribution in [1.82, 2.24) is 19.0 Å². The van der Waals surface area contributed by atoms with Gasteiger partial charge in [0.05, 0.1) is 25.5 Å². The van der Waals surface area contributed by atoms with Crippen LogP contribution < -0.4 is 16.4 Å². The van der Waals surface area contributed by atoms with E-state index in [-0.39, 0.29) is 23.1 Å². The number of fused-ring (bicyclic) bond motifs is 1. The van der Waals surface area contributed by atoms with Crippen LogP contribution in [0, 0.1) is 0 Å². The van der Waals surface area contributed by atoms with Gasteiger partial charge in [-0.05, 0) is 70.7 Å². The Bertz CT molecular complexity index is 2000. The molecule has 0 unspecified atom stereocenters. The summed E-state index contributed by atoms with van der Waals surface area (Å²) in [6.45, 7) is 6.06. The maximum Gasteiger partial charge on any atom is 0.274 e. The zero-order chi connectivity index (χ0) is 31.1. The number of nitrogens with one attached hydrogen (secondary N) is 1. The van der Waals surface area contributed by atoms with Crippen molar-refractivity contribution in [3.05, 3.63) is 117 Å². The first-order valence-corrected chi connectivity index (χ1v) is 15.5. The third-order valence-corrected chi connectivity index (χ3v) is 9.26. The van der Waals surface area contributed by atoms with Gasteiger partial charge in [-0.25, -0.2) is 4.98 Å². The van der Waals surface area contributed by atoms with Crippen LogP contribution in [0.3, 0.4) is 0 Å². The second-order valence-corrected chi connectivity index (χ2v) is 12.4. The van der Waals surface area contributed by atoms with Crippen LogP contribution in [0.1, 0.15) is 36.5 Å². The highest BCUT2D eigenvalue weighted by Crippen LogP contribution is 2.48. The normalized spacial score (nSPS) is 16.2. The standard InChI is InChI=1S/C36H37N5O4/c1-36(11-12-36)27-7-8-29-25(18-27)10-13-41(34(29)43)32-5-3-4-28(30(32)23-42)26-19-31(35(44)39(2)22-26)38-33-9-6-24(20-37-33)21-40-14-16-45-17-15-40/h3-10,13,18-20,22,42H,11-12,14-17,21,23H2,1-2H3,(H,37,38). The molecule has 0 amide bonds. The van der Waals surface area contributed by atoms with Crippen LogP contribution in [0.2, 0.25) is 0 Å². The lowest BCUT2D eigenvalue weighted by molar-refractivity contribution is 0.0341. The average molecular weight is 604 g/mol. The van der Waals surface area contributed by atoms with Gasteiger partial charge >= 0.3 is 0 Å².